The molecule has 1 saturated heterocycles. The first kappa shape index (κ1) is 13.8. The van der Waals surface area contributed by atoms with Crippen LogP contribution in [0.3, 0.4) is 0 Å². The number of rotatable bonds is 3. The molecule has 1 saturated carbocycles. The third kappa shape index (κ3) is 2.53. The van der Waals surface area contributed by atoms with Crippen LogP contribution < -0.4 is 10.6 Å². The van der Waals surface area contributed by atoms with E-state index < -0.39 is 0 Å². The van der Waals surface area contributed by atoms with Crippen LogP contribution in [-0.4, -0.2) is 29.1 Å². The van der Waals surface area contributed by atoms with Gasteiger partial charge in [-0.25, -0.2) is 9.97 Å². The lowest BCUT2D eigenvalue weighted by molar-refractivity contribution is 0.136. The summed E-state index contributed by atoms with van der Waals surface area (Å²) in [5, 5.41) is 0. The second-order valence-corrected chi connectivity index (χ2v) is 7.75. The van der Waals surface area contributed by atoms with Crippen LogP contribution in [-0.2, 0) is 6.42 Å². The fourth-order valence-corrected chi connectivity index (χ4v) is 4.56. The third-order valence-corrected chi connectivity index (χ3v) is 4.82. The number of nitrogens with two attached hydrogens (primary N) is 1. The molecule has 3 rings (SSSR count). The van der Waals surface area contributed by atoms with Crippen LogP contribution in [0.15, 0.2) is 12.4 Å². The summed E-state index contributed by atoms with van der Waals surface area (Å²) < 4.78 is 0. The van der Waals surface area contributed by atoms with Gasteiger partial charge in [0.15, 0.2) is 0 Å². The van der Waals surface area contributed by atoms with Crippen molar-refractivity contribution in [3.63, 3.8) is 0 Å². The number of hydrogen-bond donors (Lipinski definition) is 1. The molecule has 2 N–H and O–H groups in total. The van der Waals surface area contributed by atoms with E-state index in [0.717, 1.165) is 24.5 Å². The van der Waals surface area contributed by atoms with Gasteiger partial charge in [-0.15, -0.1) is 0 Å². The van der Waals surface area contributed by atoms with Gasteiger partial charge in [-0.3, -0.25) is 0 Å². The van der Waals surface area contributed by atoms with E-state index in [0.29, 0.717) is 23.4 Å². The largest absolute Gasteiger partial charge is 0.353 e. The van der Waals surface area contributed by atoms with Crippen molar-refractivity contribution in [3.8, 4) is 0 Å². The quantitative estimate of drug-likeness (QED) is 0.919. The lowest BCUT2D eigenvalue weighted by Crippen LogP contribution is -2.35. The van der Waals surface area contributed by atoms with E-state index in [4.69, 9.17) is 5.73 Å². The van der Waals surface area contributed by atoms with Gasteiger partial charge in [-0.1, -0.05) is 20.8 Å². The zero-order chi connectivity index (χ0) is 14.4. The lowest BCUT2D eigenvalue weighted by atomic mass is 9.65. The first-order valence-electron chi connectivity index (χ1n) is 7.69. The molecule has 0 spiro atoms. The SMILES string of the molecule is CC1(C)C[C@@H]2C[C@@](C)(CN2c2cc(CCN)ncn2)C1. The highest BCUT2D eigenvalue weighted by Gasteiger charge is 2.49. The summed E-state index contributed by atoms with van der Waals surface area (Å²) in [7, 11) is 0. The van der Waals surface area contributed by atoms with Gasteiger partial charge in [0.05, 0.1) is 0 Å². The Morgan fingerprint density at radius 1 is 1.30 bits per heavy atom. The third-order valence-electron chi connectivity index (χ3n) is 4.82. The standard InChI is InChI=1S/C16H26N4/c1-15(2)7-13-8-16(3,9-15)10-20(13)14-6-12(4-5-17)18-11-19-14/h6,11,13H,4-5,7-10,17H2,1-3H3/t13-,16-/m1/s1. The first-order chi connectivity index (χ1) is 9.41. The van der Waals surface area contributed by atoms with Crippen molar-refractivity contribution in [2.45, 2.75) is 52.5 Å². The van der Waals surface area contributed by atoms with Crippen LogP contribution in [0.1, 0.15) is 45.7 Å². The van der Waals surface area contributed by atoms with E-state index in [9.17, 15) is 0 Å². The molecule has 2 bridgehead atoms. The van der Waals surface area contributed by atoms with Gasteiger partial charge in [-0.2, -0.15) is 0 Å². The van der Waals surface area contributed by atoms with Crippen LogP contribution in [0, 0.1) is 10.8 Å². The van der Waals surface area contributed by atoms with Crippen molar-refractivity contribution in [2.24, 2.45) is 16.6 Å². The van der Waals surface area contributed by atoms with E-state index in [-0.39, 0.29) is 0 Å². The highest BCUT2D eigenvalue weighted by atomic mass is 15.3. The van der Waals surface area contributed by atoms with Gasteiger partial charge < -0.3 is 10.6 Å². The molecule has 2 fully saturated rings. The van der Waals surface area contributed by atoms with Crippen molar-refractivity contribution in [1.82, 2.24) is 9.97 Å². The first-order valence-corrected chi connectivity index (χ1v) is 7.69. The van der Waals surface area contributed by atoms with E-state index in [1.54, 1.807) is 6.33 Å². The van der Waals surface area contributed by atoms with Crippen LogP contribution in [0.25, 0.3) is 0 Å². The maximum absolute atomic E-state index is 5.63. The summed E-state index contributed by atoms with van der Waals surface area (Å²) in [6, 6.07) is 2.76. The van der Waals surface area contributed by atoms with Crippen LogP contribution in [0.5, 0.6) is 0 Å². The summed E-state index contributed by atoms with van der Waals surface area (Å²) in [5.74, 6) is 1.09. The Balaban J connectivity index is 1.87. The maximum Gasteiger partial charge on any atom is 0.132 e. The van der Waals surface area contributed by atoms with Gasteiger partial charge in [0.2, 0.25) is 0 Å². The monoisotopic (exact) mass is 274 g/mol. The summed E-state index contributed by atoms with van der Waals surface area (Å²) in [6.45, 7) is 9.01. The molecule has 4 heteroatoms. The Labute approximate surface area is 121 Å². The van der Waals surface area contributed by atoms with E-state index in [1.165, 1.54) is 19.3 Å². The number of fused-ring (bicyclic) bond motifs is 2. The summed E-state index contributed by atoms with van der Waals surface area (Å²) >= 11 is 0. The molecule has 0 aromatic carbocycles. The minimum absolute atomic E-state index is 0.436. The van der Waals surface area contributed by atoms with Gasteiger partial charge in [-0.05, 0) is 36.6 Å². The van der Waals surface area contributed by atoms with E-state index in [1.807, 2.05) is 0 Å². The molecule has 1 aromatic rings. The minimum atomic E-state index is 0.436. The normalized spacial score (nSPS) is 31.6. The molecule has 0 amide bonds. The number of nitrogens with zero attached hydrogens (tertiary/aromatic N) is 3. The second-order valence-electron chi connectivity index (χ2n) is 7.75. The Bertz CT molecular complexity index is 499. The molecule has 2 aliphatic rings. The zero-order valence-corrected chi connectivity index (χ0v) is 12.9. The summed E-state index contributed by atoms with van der Waals surface area (Å²) in [5.41, 5.74) is 7.57. The number of hydrogen-bond acceptors (Lipinski definition) is 4. The van der Waals surface area contributed by atoms with Gasteiger partial charge >= 0.3 is 0 Å². The fraction of sp³-hybridized carbons (Fsp3) is 0.750. The van der Waals surface area contributed by atoms with Crippen molar-refractivity contribution < 1.29 is 0 Å². The molecule has 1 aliphatic carbocycles. The van der Waals surface area contributed by atoms with Crippen LogP contribution in [0.2, 0.25) is 0 Å². The lowest BCUT2D eigenvalue weighted by Gasteiger charge is -2.39. The number of aromatic nitrogens is 2. The average molecular weight is 274 g/mol. The minimum Gasteiger partial charge on any atom is -0.353 e. The number of anilines is 1. The summed E-state index contributed by atoms with van der Waals surface area (Å²) in [4.78, 5) is 11.3. The highest BCUT2D eigenvalue weighted by Crippen LogP contribution is 2.53. The van der Waals surface area contributed by atoms with Crippen molar-refractivity contribution in [3.05, 3.63) is 18.1 Å². The van der Waals surface area contributed by atoms with Crippen LogP contribution >= 0.6 is 0 Å². The van der Waals surface area contributed by atoms with Gasteiger partial charge in [0, 0.05) is 30.8 Å². The highest BCUT2D eigenvalue weighted by molar-refractivity contribution is 5.43. The van der Waals surface area contributed by atoms with Crippen LogP contribution in [0.4, 0.5) is 5.82 Å². The second kappa shape index (κ2) is 4.69. The molecule has 20 heavy (non-hydrogen) atoms. The zero-order valence-electron chi connectivity index (χ0n) is 12.9. The predicted octanol–water partition coefficient (Wildman–Crippen LogP) is 2.38. The van der Waals surface area contributed by atoms with Gasteiger partial charge in [0.25, 0.3) is 0 Å². The predicted molar refractivity (Wildman–Crippen MR) is 81.7 cm³/mol. The molecule has 1 aromatic heterocycles. The molecule has 4 nitrogen and oxygen atoms in total. The average Bonchev–Trinajstić information content (AvgIpc) is 2.59. The molecular weight excluding hydrogens is 248 g/mol. The Hall–Kier alpha value is -1.16. The molecule has 2 heterocycles. The van der Waals surface area contributed by atoms with Gasteiger partial charge in [0.1, 0.15) is 12.1 Å². The smallest absolute Gasteiger partial charge is 0.132 e. The molecular formula is C16H26N4. The van der Waals surface area contributed by atoms with E-state index >= 15 is 0 Å². The van der Waals surface area contributed by atoms with Crippen molar-refractivity contribution >= 4 is 5.82 Å². The van der Waals surface area contributed by atoms with Crippen molar-refractivity contribution in [2.75, 3.05) is 18.0 Å². The molecule has 2 atom stereocenters. The Kier molecular flexibility index (Phi) is 3.24. The Morgan fingerprint density at radius 3 is 2.85 bits per heavy atom. The molecule has 110 valence electrons. The fourth-order valence-electron chi connectivity index (χ4n) is 4.56. The topological polar surface area (TPSA) is 55.0 Å². The summed E-state index contributed by atoms with van der Waals surface area (Å²) in [6.07, 6.45) is 6.39. The van der Waals surface area contributed by atoms with Crippen molar-refractivity contribution in [1.29, 1.82) is 0 Å². The molecule has 0 unspecified atom stereocenters. The van der Waals surface area contributed by atoms with E-state index in [2.05, 4.69) is 41.7 Å². The molecule has 1 aliphatic heterocycles. The Morgan fingerprint density at radius 2 is 2.10 bits per heavy atom. The maximum atomic E-state index is 5.63. The molecule has 0 radical (unpaired) electrons.